The molecular weight excluding hydrogens is 566 g/mol. The summed E-state index contributed by atoms with van der Waals surface area (Å²) in [5, 5.41) is 2.64. The van der Waals surface area contributed by atoms with Gasteiger partial charge in [0.05, 0.1) is 19.3 Å². The number of ether oxygens (including phenoxy) is 5. The topological polar surface area (TPSA) is 118 Å². The minimum atomic E-state index is -3.04. The molecule has 1 N–H and O–H groups in total. The van der Waals surface area contributed by atoms with Crippen molar-refractivity contribution in [1.82, 2.24) is 10.3 Å². The van der Waals surface area contributed by atoms with Gasteiger partial charge in [-0.15, -0.1) is 0 Å². The van der Waals surface area contributed by atoms with Crippen LogP contribution in [0.4, 0.5) is 13.6 Å². The predicted molar refractivity (Wildman–Crippen MR) is 151 cm³/mol. The summed E-state index contributed by atoms with van der Waals surface area (Å²) in [7, 11) is 0. The fourth-order valence-corrected chi connectivity index (χ4v) is 4.02. The molecule has 1 amide bonds. The summed E-state index contributed by atoms with van der Waals surface area (Å²) in [6.45, 7) is 6.23. The Balaban J connectivity index is 1.64. The summed E-state index contributed by atoms with van der Waals surface area (Å²) in [5.41, 5.74) is 0.0417. The fraction of sp³-hybridized carbons (Fsp3) is 0.452. The Hall–Kier alpha value is -4.35. The molecule has 1 aliphatic carbocycles. The molecule has 12 heteroatoms. The Labute approximate surface area is 248 Å². The van der Waals surface area contributed by atoms with Crippen molar-refractivity contribution >= 4 is 12.1 Å². The molecule has 0 radical (unpaired) electrons. The number of hydrogen-bond donors (Lipinski definition) is 1. The summed E-state index contributed by atoms with van der Waals surface area (Å²) >= 11 is 0. The van der Waals surface area contributed by atoms with Crippen LogP contribution in [0.5, 0.6) is 17.2 Å². The molecule has 43 heavy (non-hydrogen) atoms. The fourth-order valence-electron chi connectivity index (χ4n) is 4.02. The maximum atomic E-state index is 13.3. The maximum absolute atomic E-state index is 13.3. The van der Waals surface area contributed by atoms with E-state index in [0.717, 1.165) is 12.8 Å². The molecule has 4 rings (SSSR count). The van der Waals surface area contributed by atoms with Crippen molar-refractivity contribution in [2.75, 3.05) is 13.2 Å². The molecule has 0 bridgehead atoms. The lowest BCUT2D eigenvalue weighted by Crippen LogP contribution is -2.34. The molecule has 1 aliphatic rings. The van der Waals surface area contributed by atoms with E-state index in [0.29, 0.717) is 36.0 Å². The number of rotatable bonds is 13. The van der Waals surface area contributed by atoms with E-state index in [9.17, 15) is 18.4 Å². The number of aromatic nitrogens is 1. The second-order valence-corrected chi connectivity index (χ2v) is 11.0. The molecule has 1 heterocycles. The third-order valence-corrected chi connectivity index (χ3v) is 6.18. The lowest BCUT2D eigenvalue weighted by Gasteiger charge is -2.21. The highest BCUT2D eigenvalue weighted by molar-refractivity contribution is 5.89. The number of carbonyl (C=O) groups is 2. The summed E-state index contributed by atoms with van der Waals surface area (Å²) in [6.07, 6.45) is 1.26. The zero-order valence-electron chi connectivity index (χ0n) is 24.8. The van der Waals surface area contributed by atoms with Crippen LogP contribution in [0.2, 0.25) is 0 Å². The number of nitrogens with one attached hydrogen (secondary N) is 1. The first-order chi connectivity index (χ1) is 20.4. The van der Waals surface area contributed by atoms with Crippen LogP contribution in [0.25, 0.3) is 11.5 Å². The Kier molecular flexibility index (Phi) is 10.1. The van der Waals surface area contributed by atoms with Gasteiger partial charge in [-0.25, -0.2) is 14.6 Å². The van der Waals surface area contributed by atoms with Gasteiger partial charge in [-0.1, -0.05) is 18.2 Å². The first kappa shape index (κ1) is 31.6. The number of alkyl carbamates (subject to hydrolysis) is 1. The number of para-hydroxylation sites is 1. The highest BCUT2D eigenvalue weighted by atomic mass is 19.3. The second kappa shape index (κ2) is 13.7. The monoisotopic (exact) mass is 602 g/mol. The molecule has 1 saturated carbocycles. The van der Waals surface area contributed by atoms with E-state index in [4.69, 9.17) is 23.4 Å². The molecule has 0 unspecified atom stereocenters. The summed E-state index contributed by atoms with van der Waals surface area (Å²) in [5.74, 6) is 0.0533. The molecule has 0 saturated heterocycles. The van der Waals surface area contributed by atoms with Gasteiger partial charge in [0, 0.05) is 11.1 Å². The standard InChI is InChI=1S/C31H36F2N2O8/c1-6-38-22-10-8-7-9-21(22)17-40-28(36)25-26(18(2)34-30(37)43-31(3,4)5)42-27(35-25)20-13-14-23(41-29(32)33)24(15-20)39-16-19-11-12-19/h7-10,13-15,18-19,29H,6,11-12,16-17H2,1-5H3,(H,34,37)/t18-/m0/s1. The molecule has 232 valence electrons. The van der Waals surface area contributed by atoms with Gasteiger partial charge in [0.25, 0.3) is 0 Å². The van der Waals surface area contributed by atoms with Crippen LogP contribution < -0.4 is 19.5 Å². The van der Waals surface area contributed by atoms with Gasteiger partial charge in [0.2, 0.25) is 5.89 Å². The number of oxazole rings is 1. The predicted octanol–water partition coefficient (Wildman–Crippen LogP) is 7.07. The zero-order chi connectivity index (χ0) is 31.1. The molecule has 1 fully saturated rings. The van der Waals surface area contributed by atoms with Crippen LogP contribution in [-0.2, 0) is 16.1 Å². The molecule has 1 atom stereocenters. The number of amides is 1. The van der Waals surface area contributed by atoms with E-state index in [-0.39, 0.29) is 35.5 Å². The third kappa shape index (κ3) is 9.07. The van der Waals surface area contributed by atoms with Gasteiger partial charge in [0.15, 0.2) is 23.0 Å². The largest absolute Gasteiger partial charge is 0.493 e. The number of nitrogens with zero attached hydrogens (tertiary/aromatic N) is 1. The van der Waals surface area contributed by atoms with Gasteiger partial charge in [-0.2, -0.15) is 8.78 Å². The molecule has 10 nitrogen and oxygen atoms in total. The SMILES string of the molecule is CCOc1ccccc1COC(=O)c1nc(-c2ccc(OC(F)F)c(OCC3CC3)c2)oc1[C@H](C)NC(=O)OC(C)(C)C. The summed E-state index contributed by atoms with van der Waals surface area (Å²) in [6, 6.07) is 10.5. The lowest BCUT2D eigenvalue weighted by atomic mass is 10.2. The first-order valence-corrected chi connectivity index (χ1v) is 14.0. The van der Waals surface area contributed by atoms with Crippen LogP contribution in [0.1, 0.15) is 75.3 Å². The van der Waals surface area contributed by atoms with E-state index in [1.807, 2.05) is 13.0 Å². The van der Waals surface area contributed by atoms with Gasteiger partial charge in [0.1, 0.15) is 18.0 Å². The van der Waals surface area contributed by atoms with Crippen LogP contribution >= 0.6 is 0 Å². The normalized spacial score (nSPS) is 13.8. The quantitative estimate of drug-likeness (QED) is 0.205. The van der Waals surface area contributed by atoms with Crippen LogP contribution in [0.3, 0.4) is 0 Å². The van der Waals surface area contributed by atoms with Gasteiger partial charge >= 0.3 is 18.7 Å². The maximum Gasteiger partial charge on any atom is 0.408 e. The van der Waals surface area contributed by atoms with Gasteiger partial charge in [-0.3, -0.25) is 0 Å². The smallest absolute Gasteiger partial charge is 0.408 e. The Morgan fingerprint density at radius 2 is 1.81 bits per heavy atom. The Morgan fingerprint density at radius 3 is 2.49 bits per heavy atom. The van der Waals surface area contributed by atoms with Gasteiger partial charge in [-0.05, 0) is 77.6 Å². The van der Waals surface area contributed by atoms with Crippen molar-refractivity contribution in [1.29, 1.82) is 0 Å². The van der Waals surface area contributed by atoms with Crippen LogP contribution in [-0.4, -0.2) is 42.5 Å². The molecule has 0 spiro atoms. The van der Waals surface area contributed by atoms with E-state index in [1.54, 1.807) is 45.9 Å². The van der Waals surface area contributed by atoms with E-state index >= 15 is 0 Å². The van der Waals surface area contributed by atoms with E-state index in [1.165, 1.54) is 18.2 Å². The number of alkyl halides is 2. The van der Waals surface area contributed by atoms with Crippen molar-refractivity contribution in [3.05, 3.63) is 59.5 Å². The molecule has 0 aliphatic heterocycles. The van der Waals surface area contributed by atoms with Crippen molar-refractivity contribution in [3.63, 3.8) is 0 Å². The highest BCUT2D eigenvalue weighted by Crippen LogP contribution is 2.37. The molecular formula is C31H36F2N2O8. The number of hydrogen-bond acceptors (Lipinski definition) is 9. The summed E-state index contributed by atoms with van der Waals surface area (Å²) in [4.78, 5) is 30.2. The number of benzene rings is 2. The number of esters is 1. The molecule has 1 aromatic heterocycles. The van der Waals surface area contributed by atoms with Crippen molar-refractivity contribution in [2.24, 2.45) is 5.92 Å². The average molecular weight is 603 g/mol. The second-order valence-electron chi connectivity index (χ2n) is 11.0. The zero-order valence-corrected chi connectivity index (χ0v) is 24.8. The average Bonchev–Trinajstić information content (AvgIpc) is 3.65. The summed E-state index contributed by atoms with van der Waals surface area (Å²) < 4.78 is 59.0. The van der Waals surface area contributed by atoms with Crippen LogP contribution in [0, 0.1) is 5.92 Å². The lowest BCUT2D eigenvalue weighted by molar-refractivity contribution is -0.0515. The van der Waals surface area contributed by atoms with E-state index < -0.39 is 30.3 Å². The Bertz CT molecular complexity index is 1420. The van der Waals surface area contributed by atoms with Crippen molar-refractivity contribution in [2.45, 2.75) is 72.3 Å². The van der Waals surface area contributed by atoms with Crippen LogP contribution in [0.15, 0.2) is 46.9 Å². The van der Waals surface area contributed by atoms with E-state index in [2.05, 4.69) is 15.0 Å². The van der Waals surface area contributed by atoms with Gasteiger partial charge < -0.3 is 33.4 Å². The molecule has 2 aromatic carbocycles. The minimum absolute atomic E-state index is 0.0114. The minimum Gasteiger partial charge on any atom is -0.493 e. The highest BCUT2D eigenvalue weighted by Gasteiger charge is 2.29. The first-order valence-electron chi connectivity index (χ1n) is 14.0. The number of halogens is 2. The molecule has 3 aromatic rings. The number of carbonyl (C=O) groups excluding carboxylic acids is 2. The Morgan fingerprint density at radius 1 is 1.07 bits per heavy atom. The van der Waals surface area contributed by atoms with Crippen molar-refractivity contribution < 1.29 is 46.5 Å². The van der Waals surface area contributed by atoms with Crippen molar-refractivity contribution in [3.8, 4) is 28.7 Å². The third-order valence-electron chi connectivity index (χ3n) is 6.18.